The van der Waals surface area contributed by atoms with Crippen LogP contribution in [0.4, 0.5) is 5.69 Å². The minimum absolute atomic E-state index is 0.0343. The summed E-state index contributed by atoms with van der Waals surface area (Å²) >= 11 is 1.77. The second-order valence-corrected chi connectivity index (χ2v) is 6.28. The lowest BCUT2D eigenvalue weighted by Gasteiger charge is -2.12. The molecule has 3 aromatic rings. The Morgan fingerprint density at radius 2 is 2.13 bits per heavy atom. The molecule has 0 saturated heterocycles. The van der Waals surface area contributed by atoms with Gasteiger partial charge in [0.2, 0.25) is 0 Å². The van der Waals surface area contributed by atoms with Crippen molar-refractivity contribution in [2.45, 2.75) is 19.7 Å². The molecule has 2 N–H and O–H groups in total. The molecule has 0 unspecified atom stereocenters. The molecule has 0 atom stereocenters. The Labute approximate surface area is 140 Å². The van der Waals surface area contributed by atoms with Crippen LogP contribution < -0.4 is 10.1 Å². The first kappa shape index (κ1) is 15.6. The third-order valence-corrected chi connectivity index (χ3v) is 4.62. The SMILES string of the molecule is COc1ccc(NCc2cccn2Cc2cccs2)cc1CO. The molecule has 23 heavy (non-hydrogen) atoms. The zero-order valence-corrected chi connectivity index (χ0v) is 13.8. The predicted octanol–water partition coefficient (Wildman–Crippen LogP) is 3.71. The molecule has 1 aromatic carbocycles. The van der Waals surface area contributed by atoms with Crippen molar-refractivity contribution in [1.29, 1.82) is 0 Å². The van der Waals surface area contributed by atoms with Crippen molar-refractivity contribution >= 4 is 17.0 Å². The van der Waals surface area contributed by atoms with Crippen LogP contribution in [0, 0.1) is 0 Å². The van der Waals surface area contributed by atoms with Crippen molar-refractivity contribution in [3.63, 3.8) is 0 Å². The van der Waals surface area contributed by atoms with Crippen LogP contribution in [0.25, 0.3) is 0 Å². The summed E-state index contributed by atoms with van der Waals surface area (Å²) in [6.07, 6.45) is 2.10. The van der Waals surface area contributed by atoms with Crippen molar-refractivity contribution in [2.24, 2.45) is 0 Å². The molecular formula is C18H20N2O2S. The molecule has 3 rings (SSSR count). The van der Waals surface area contributed by atoms with Crippen LogP contribution in [0.3, 0.4) is 0 Å². The van der Waals surface area contributed by atoms with E-state index in [0.717, 1.165) is 24.3 Å². The molecule has 0 spiro atoms. The van der Waals surface area contributed by atoms with E-state index < -0.39 is 0 Å². The standard InChI is InChI=1S/C18H20N2O2S/c1-22-18-7-6-15(10-14(18)13-21)19-11-16-4-2-8-20(16)12-17-5-3-9-23-17/h2-10,19,21H,11-13H2,1H3. The summed E-state index contributed by atoms with van der Waals surface area (Å²) in [7, 11) is 1.61. The Hall–Kier alpha value is -2.24. The van der Waals surface area contributed by atoms with Gasteiger partial charge in [-0.15, -0.1) is 11.3 Å². The number of aliphatic hydroxyl groups excluding tert-OH is 1. The zero-order chi connectivity index (χ0) is 16.1. The van der Waals surface area contributed by atoms with Crippen LogP contribution in [0.5, 0.6) is 5.75 Å². The van der Waals surface area contributed by atoms with Crippen LogP contribution in [-0.2, 0) is 19.7 Å². The highest BCUT2D eigenvalue weighted by Gasteiger charge is 2.05. The largest absolute Gasteiger partial charge is 0.496 e. The minimum Gasteiger partial charge on any atom is -0.496 e. The fourth-order valence-corrected chi connectivity index (χ4v) is 3.24. The lowest BCUT2D eigenvalue weighted by molar-refractivity contribution is 0.274. The molecule has 4 nitrogen and oxygen atoms in total. The van der Waals surface area contributed by atoms with Crippen LogP contribution in [0.2, 0.25) is 0 Å². The number of methoxy groups -OCH3 is 1. The minimum atomic E-state index is -0.0343. The van der Waals surface area contributed by atoms with E-state index in [2.05, 4.69) is 45.7 Å². The number of nitrogens with one attached hydrogen (secondary N) is 1. The van der Waals surface area contributed by atoms with Gasteiger partial charge in [-0.1, -0.05) is 6.07 Å². The second-order valence-electron chi connectivity index (χ2n) is 5.25. The van der Waals surface area contributed by atoms with Crippen molar-refractivity contribution < 1.29 is 9.84 Å². The topological polar surface area (TPSA) is 46.4 Å². The van der Waals surface area contributed by atoms with Crippen molar-refractivity contribution in [2.75, 3.05) is 12.4 Å². The molecule has 0 fully saturated rings. The molecule has 0 aliphatic rings. The van der Waals surface area contributed by atoms with Gasteiger partial charge < -0.3 is 19.7 Å². The maximum absolute atomic E-state index is 9.40. The van der Waals surface area contributed by atoms with Crippen LogP contribution >= 0.6 is 11.3 Å². The van der Waals surface area contributed by atoms with Gasteiger partial charge in [0.15, 0.2) is 0 Å². The van der Waals surface area contributed by atoms with Crippen molar-refractivity contribution in [3.05, 3.63) is 70.2 Å². The number of aromatic nitrogens is 1. The third-order valence-electron chi connectivity index (χ3n) is 3.75. The highest BCUT2D eigenvalue weighted by molar-refractivity contribution is 7.09. The first-order chi connectivity index (χ1) is 11.3. The number of hydrogen-bond donors (Lipinski definition) is 2. The summed E-state index contributed by atoms with van der Waals surface area (Å²) in [5.41, 5.74) is 2.98. The summed E-state index contributed by atoms with van der Waals surface area (Å²) in [6.45, 7) is 1.59. The van der Waals surface area contributed by atoms with Gasteiger partial charge in [-0.25, -0.2) is 0 Å². The van der Waals surface area contributed by atoms with E-state index in [1.54, 1.807) is 18.4 Å². The Morgan fingerprint density at radius 3 is 2.87 bits per heavy atom. The Morgan fingerprint density at radius 1 is 1.22 bits per heavy atom. The molecule has 5 heteroatoms. The Balaban J connectivity index is 1.68. The maximum atomic E-state index is 9.40. The maximum Gasteiger partial charge on any atom is 0.124 e. The van der Waals surface area contributed by atoms with Gasteiger partial charge in [-0.3, -0.25) is 0 Å². The second kappa shape index (κ2) is 7.35. The average Bonchev–Trinajstić information content (AvgIpc) is 3.25. The van der Waals surface area contributed by atoms with Crippen LogP contribution in [0.15, 0.2) is 54.0 Å². The molecule has 2 heterocycles. The number of benzene rings is 1. The smallest absolute Gasteiger partial charge is 0.124 e. The molecular weight excluding hydrogens is 308 g/mol. The lowest BCUT2D eigenvalue weighted by Crippen LogP contribution is -2.07. The zero-order valence-electron chi connectivity index (χ0n) is 13.0. The number of hydrogen-bond acceptors (Lipinski definition) is 4. The third kappa shape index (κ3) is 3.75. The van der Waals surface area contributed by atoms with E-state index >= 15 is 0 Å². The first-order valence-electron chi connectivity index (χ1n) is 7.48. The molecule has 0 amide bonds. The highest BCUT2D eigenvalue weighted by Crippen LogP contribution is 2.23. The molecule has 0 aliphatic carbocycles. The van der Waals surface area contributed by atoms with E-state index in [1.165, 1.54) is 10.6 Å². The normalized spacial score (nSPS) is 10.7. The fraction of sp³-hybridized carbons (Fsp3) is 0.222. The van der Waals surface area contributed by atoms with E-state index in [0.29, 0.717) is 5.75 Å². The van der Waals surface area contributed by atoms with Gasteiger partial charge >= 0.3 is 0 Å². The molecule has 0 aliphatic heterocycles. The van der Waals surface area contributed by atoms with Crippen molar-refractivity contribution in [1.82, 2.24) is 4.57 Å². The van der Waals surface area contributed by atoms with E-state index in [4.69, 9.17) is 4.74 Å². The number of anilines is 1. The van der Waals surface area contributed by atoms with Gasteiger partial charge in [-0.05, 0) is 41.8 Å². The molecule has 0 saturated carbocycles. The lowest BCUT2D eigenvalue weighted by atomic mass is 10.2. The van der Waals surface area contributed by atoms with Gasteiger partial charge in [-0.2, -0.15) is 0 Å². The summed E-state index contributed by atoms with van der Waals surface area (Å²) < 4.78 is 7.47. The van der Waals surface area contributed by atoms with Gasteiger partial charge in [0.1, 0.15) is 5.75 Å². The average molecular weight is 328 g/mol. The molecule has 0 radical (unpaired) electrons. The van der Waals surface area contributed by atoms with Crippen LogP contribution in [-0.4, -0.2) is 16.8 Å². The monoisotopic (exact) mass is 328 g/mol. The Kier molecular flexibility index (Phi) is 5.00. The molecule has 2 aromatic heterocycles. The van der Waals surface area contributed by atoms with Gasteiger partial charge in [0, 0.05) is 28.0 Å². The summed E-state index contributed by atoms with van der Waals surface area (Å²) in [5.74, 6) is 0.708. The predicted molar refractivity (Wildman–Crippen MR) is 94.1 cm³/mol. The summed E-state index contributed by atoms with van der Waals surface area (Å²) in [5, 5.41) is 14.9. The molecule has 120 valence electrons. The van der Waals surface area contributed by atoms with E-state index in [1.807, 2.05) is 18.2 Å². The first-order valence-corrected chi connectivity index (χ1v) is 8.36. The number of ether oxygens (including phenoxy) is 1. The van der Waals surface area contributed by atoms with Crippen LogP contribution in [0.1, 0.15) is 16.1 Å². The number of rotatable bonds is 7. The van der Waals surface area contributed by atoms with E-state index in [-0.39, 0.29) is 6.61 Å². The highest BCUT2D eigenvalue weighted by atomic mass is 32.1. The summed E-state index contributed by atoms with van der Waals surface area (Å²) in [4.78, 5) is 1.34. The fourth-order valence-electron chi connectivity index (χ4n) is 2.54. The summed E-state index contributed by atoms with van der Waals surface area (Å²) in [6, 6.07) is 14.2. The number of nitrogens with zero attached hydrogens (tertiary/aromatic N) is 1. The number of aliphatic hydroxyl groups is 1. The quantitative estimate of drug-likeness (QED) is 0.695. The van der Waals surface area contributed by atoms with E-state index in [9.17, 15) is 5.11 Å². The molecule has 0 bridgehead atoms. The van der Waals surface area contributed by atoms with Gasteiger partial charge in [0.05, 0.1) is 26.8 Å². The van der Waals surface area contributed by atoms with Crippen molar-refractivity contribution in [3.8, 4) is 5.75 Å². The van der Waals surface area contributed by atoms with Gasteiger partial charge in [0.25, 0.3) is 0 Å². The number of thiophene rings is 1. The Bertz CT molecular complexity index is 750.